The number of anilines is 3. The van der Waals surface area contributed by atoms with Crippen molar-refractivity contribution >= 4 is 33.3 Å². The van der Waals surface area contributed by atoms with Crippen LogP contribution in [0, 0.1) is 0 Å². The van der Waals surface area contributed by atoms with E-state index in [1.165, 1.54) is 6.33 Å². The monoisotopic (exact) mass is 336 g/mol. The average molecular weight is 337 g/mol. The van der Waals surface area contributed by atoms with Crippen LogP contribution in [0.3, 0.4) is 0 Å². The van der Waals surface area contributed by atoms with Crippen LogP contribution >= 0.6 is 15.9 Å². The molecule has 0 bridgehead atoms. The van der Waals surface area contributed by atoms with Gasteiger partial charge in [0.15, 0.2) is 0 Å². The number of nitrogens with one attached hydrogen (secondary N) is 1. The maximum Gasteiger partial charge on any atom is 0.139 e. The van der Waals surface area contributed by atoms with E-state index in [9.17, 15) is 0 Å². The minimum absolute atomic E-state index is 0.236. The molecule has 0 aliphatic carbocycles. The lowest BCUT2D eigenvalue weighted by Gasteiger charge is -2.15. The van der Waals surface area contributed by atoms with Gasteiger partial charge in [0, 0.05) is 11.3 Å². The number of benzene rings is 1. The van der Waals surface area contributed by atoms with E-state index in [0.29, 0.717) is 5.82 Å². The molecule has 0 saturated heterocycles. The molecular weight excluding hydrogens is 320 g/mol. The molecule has 0 unspecified atom stereocenters. The zero-order valence-electron chi connectivity index (χ0n) is 11.6. The third-order valence-corrected chi connectivity index (χ3v) is 3.53. The maximum atomic E-state index is 5.93. The third-order valence-electron chi connectivity index (χ3n) is 2.91. The highest BCUT2D eigenvalue weighted by molar-refractivity contribution is 9.10. The lowest BCUT2D eigenvalue weighted by atomic mass is 10.0. The highest BCUT2D eigenvalue weighted by Gasteiger charge is 2.13. The zero-order chi connectivity index (χ0) is 14.7. The molecule has 0 aliphatic rings. The van der Waals surface area contributed by atoms with Crippen molar-refractivity contribution < 1.29 is 4.74 Å². The van der Waals surface area contributed by atoms with Gasteiger partial charge in [0.2, 0.25) is 0 Å². The summed E-state index contributed by atoms with van der Waals surface area (Å²) < 4.78 is 6.08. The molecule has 0 aliphatic heterocycles. The minimum atomic E-state index is 0.236. The first-order valence-corrected chi connectivity index (χ1v) is 7.03. The summed E-state index contributed by atoms with van der Waals surface area (Å²) in [6.45, 7) is 4.12. The first kappa shape index (κ1) is 14.6. The third kappa shape index (κ3) is 3.01. The van der Waals surface area contributed by atoms with E-state index >= 15 is 0 Å². The summed E-state index contributed by atoms with van der Waals surface area (Å²) in [7, 11) is 1.63. The van der Waals surface area contributed by atoms with Crippen molar-refractivity contribution in [1.29, 1.82) is 0 Å². The first-order chi connectivity index (χ1) is 9.52. The molecule has 0 radical (unpaired) electrons. The van der Waals surface area contributed by atoms with Gasteiger partial charge in [0.05, 0.1) is 11.6 Å². The lowest BCUT2D eigenvalue weighted by Crippen LogP contribution is -2.06. The molecule has 5 nitrogen and oxygen atoms in total. The molecule has 2 rings (SSSR count). The summed E-state index contributed by atoms with van der Waals surface area (Å²) in [4.78, 5) is 8.32. The van der Waals surface area contributed by atoms with Crippen LogP contribution in [0.4, 0.5) is 17.3 Å². The quantitative estimate of drug-likeness (QED) is 0.890. The van der Waals surface area contributed by atoms with Gasteiger partial charge in [-0.15, -0.1) is 0 Å². The predicted molar refractivity (Wildman–Crippen MR) is 84.5 cm³/mol. The molecule has 0 amide bonds. The SMILES string of the molecule is COc1ccc(Nc2ncnc(N)c2C(C)C)cc1Br. The Hall–Kier alpha value is -1.82. The number of nitrogens with zero attached hydrogens (tertiary/aromatic N) is 2. The number of rotatable bonds is 4. The molecular formula is C14H17BrN4O. The largest absolute Gasteiger partial charge is 0.496 e. The van der Waals surface area contributed by atoms with E-state index in [1.54, 1.807) is 7.11 Å². The van der Waals surface area contributed by atoms with Gasteiger partial charge in [0.25, 0.3) is 0 Å². The molecule has 1 aromatic carbocycles. The van der Waals surface area contributed by atoms with Crippen molar-refractivity contribution in [3.8, 4) is 5.75 Å². The second kappa shape index (κ2) is 6.09. The topological polar surface area (TPSA) is 73.1 Å². The summed E-state index contributed by atoms with van der Waals surface area (Å²) in [5, 5.41) is 3.27. The van der Waals surface area contributed by atoms with Gasteiger partial charge >= 0.3 is 0 Å². The minimum Gasteiger partial charge on any atom is -0.496 e. The molecule has 0 saturated carbocycles. The Labute approximate surface area is 126 Å². The van der Waals surface area contributed by atoms with Gasteiger partial charge in [-0.05, 0) is 40.0 Å². The summed E-state index contributed by atoms with van der Waals surface area (Å²) in [5.74, 6) is 2.25. The standard InChI is InChI=1S/C14H17BrN4O/c1-8(2)12-13(16)17-7-18-14(12)19-9-4-5-11(20-3)10(15)6-9/h4-8H,1-3H3,(H3,16,17,18,19). The van der Waals surface area contributed by atoms with E-state index in [2.05, 4.69) is 45.1 Å². The van der Waals surface area contributed by atoms with Crippen LogP contribution in [0.5, 0.6) is 5.75 Å². The molecule has 1 heterocycles. The lowest BCUT2D eigenvalue weighted by molar-refractivity contribution is 0.412. The van der Waals surface area contributed by atoms with Crippen molar-refractivity contribution in [3.05, 3.63) is 34.6 Å². The van der Waals surface area contributed by atoms with Crippen LogP contribution in [-0.2, 0) is 0 Å². The summed E-state index contributed by atoms with van der Waals surface area (Å²) in [5.41, 5.74) is 7.75. The van der Waals surface area contributed by atoms with E-state index < -0.39 is 0 Å². The smallest absolute Gasteiger partial charge is 0.139 e. The van der Waals surface area contributed by atoms with Crippen molar-refractivity contribution in [2.24, 2.45) is 0 Å². The summed E-state index contributed by atoms with van der Waals surface area (Å²) in [6.07, 6.45) is 1.46. The predicted octanol–water partition coefficient (Wildman–Crippen LogP) is 3.70. The molecule has 0 spiro atoms. The Balaban J connectivity index is 2.35. The van der Waals surface area contributed by atoms with Crippen LogP contribution in [0.15, 0.2) is 29.0 Å². The molecule has 1 aromatic heterocycles. The number of methoxy groups -OCH3 is 1. The van der Waals surface area contributed by atoms with Crippen molar-refractivity contribution in [3.63, 3.8) is 0 Å². The average Bonchev–Trinajstić information content (AvgIpc) is 2.38. The fourth-order valence-corrected chi connectivity index (χ4v) is 2.50. The first-order valence-electron chi connectivity index (χ1n) is 6.24. The van der Waals surface area contributed by atoms with Crippen molar-refractivity contribution in [1.82, 2.24) is 9.97 Å². The van der Waals surface area contributed by atoms with Gasteiger partial charge in [-0.2, -0.15) is 0 Å². The van der Waals surface area contributed by atoms with Crippen LogP contribution < -0.4 is 15.8 Å². The second-order valence-corrected chi connectivity index (χ2v) is 5.50. The normalized spacial score (nSPS) is 10.7. The van der Waals surface area contributed by atoms with Crippen LogP contribution in [0.25, 0.3) is 0 Å². The highest BCUT2D eigenvalue weighted by atomic mass is 79.9. The second-order valence-electron chi connectivity index (χ2n) is 4.65. The fourth-order valence-electron chi connectivity index (χ4n) is 1.96. The maximum absolute atomic E-state index is 5.93. The summed E-state index contributed by atoms with van der Waals surface area (Å²) in [6, 6.07) is 5.74. The Morgan fingerprint density at radius 2 is 2.05 bits per heavy atom. The number of aromatic nitrogens is 2. The zero-order valence-corrected chi connectivity index (χ0v) is 13.2. The number of halogens is 1. The van der Waals surface area contributed by atoms with Crippen LogP contribution in [-0.4, -0.2) is 17.1 Å². The van der Waals surface area contributed by atoms with Gasteiger partial charge in [-0.1, -0.05) is 13.8 Å². The molecule has 0 fully saturated rings. The number of hydrogen-bond acceptors (Lipinski definition) is 5. The van der Waals surface area contributed by atoms with Crippen LogP contribution in [0.2, 0.25) is 0 Å². The van der Waals surface area contributed by atoms with Gasteiger partial charge < -0.3 is 15.8 Å². The van der Waals surface area contributed by atoms with Crippen LogP contribution in [0.1, 0.15) is 25.3 Å². The van der Waals surface area contributed by atoms with E-state index in [1.807, 2.05) is 18.2 Å². The van der Waals surface area contributed by atoms with E-state index in [-0.39, 0.29) is 5.92 Å². The molecule has 6 heteroatoms. The van der Waals surface area contributed by atoms with E-state index in [0.717, 1.165) is 27.3 Å². The van der Waals surface area contributed by atoms with Gasteiger partial charge in [0.1, 0.15) is 23.7 Å². The van der Waals surface area contributed by atoms with Gasteiger partial charge in [-0.3, -0.25) is 0 Å². The molecule has 3 N–H and O–H groups in total. The Morgan fingerprint density at radius 3 is 2.65 bits per heavy atom. The fraction of sp³-hybridized carbons (Fsp3) is 0.286. The number of nitrogens with two attached hydrogens (primary N) is 1. The molecule has 2 aromatic rings. The number of nitrogen functional groups attached to an aromatic ring is 1. The summed E-state index contributed by atoms with van der Waals surface area (Å²) >= 11 is 3.46. The van der Waals surface area contributed by atoms with Crippen molar-refractivity contribution in [2.45, 2.75) is 19.8 Å². The Bertz CT molecular complexity index is 616. The molecule has 0 atom stereocenters. The van der Waals surface area contributed by atoms with E-state index in [4.69, 9.17) is 10.5 Å². The number of ether oxygens (including phenoxy) is 1. The Kier molecular flexibility index (Phi) is 4.44. The van der Waals surface area contributed by atoms with Crippen molar-refractivity contribution in [2.75, 3.05) is 18.2 Å². The number of hydrogen-bond donors (Lipinski definition) is 2. The molecule has 20 heavy (non-hydrogen) atoms. The Morgan fingerprint density at radius 1 is 1.30 bits per heavy atom. The van der Waals surface area contributed by atoms with Gasteiger partial charge in [-0.25, -0.2) is 9.97 Å². The highest BCUT2D eigenvalue weighted by Crippen LogP contribution is 2.32. The molecule has 106 valence electrons.